The normalized spacial score (nSPS) is 13.8. The second-order valence-corrected chi connectivity index (χ2v) is 2.81. The van der Waals surface area contributed by atoms with Crippen molar-refractivity contribution >= 4 is 0 Å². The molecule has 0 amide bonds. The highest BCUT2D eigenvalue weighted by molar-refractivity contribution is 5.30. The molecule has 68 valence electrons. The van der Waals surface area contributed by atoms with Crippen LogP contribution < -0.4 is 0 Å². The summed E-state index contributed by atoms with van der Waals surface area (Å²) in [6.07, 6.45) is 2.99. The summed E-state index contributed by atoms with van der Waals surface area (Å²) < 4.78 is 0. The topological polar surface area (TPSA) is 20.2 Å². The Morgan fingerprint density at radius 2 is 2.00 bits per heavy atom. The molecule has 0 bridgehead atoms. The molecule has 1 aromatic carbocycles. The Labute approximate surface area is 79.0 Å². The number of aliphatic hydroxyl groups excluding tert-OH is 1. The fraction of sp³-hybridized carbons (Fsp3) is 0.167. The molecule has 0 saturated heterocycles. The first-order chi connectivity index (χ1) is 6.29. The van der Waals surface area contributed by atoms with E-state index < -0.39 is 6.10 Å². The Kier molecular flexibility index (Phi) is 3.47. The first kappa shape index (κ1) is 9.75. The van der Waals surface area contributed by atoms with E-state index in [0.29, 0.717) is 0 Å². The van der Waals surface area contributed by atoms with Crippen LogP contribution in [0.1, 0.15) is 18.6 Å². The second kappa shape index (κ2) is 4.63. The summed E-state index contributed by atoms with van der Waals surface area (Å²) in [5, 5.41) is 9.84. The minimum absolute atomic E-state index is 0.552. The Hall–Kier alpha value is -1.34. The van der Waals surface area contributed by atoms with Gasteiger partial charge in [-0.1, -0.05) is 49.1 Å². The number of rotatable bonds is 3. The second-order valence-electron chi connectivity index (χ2n) is 2.81. The van der Waals surface area contributed by atoms with Crippen LogP contribution in [0.2, 0.25) is 0 Å². The molecule has 1 rings (SSSR count). The van der Waals surface area contributed by atoms with Gasteiger partial charge in [0.15, 0.2) is 0 Å². The summed E-state index contributed by atoms with van der Waals surface area (Å²) in [6.45, 7) is 5.54. The number of hydrogen-bond acceptors (Lipinski definition) is 1. The van der Waals surface area contributed by atoms with E-state index in [4.69, 9.17) is 0 Å². The highest BCUT2D eigenvalue weighted by Crippen LogP contribution is 2.21. The predicted molar refractivity (Wildman–Crippen MR) is 55.4 cm³/mol. The molecule has 0 radical (unpaired) electrons. The van der Waals surface area contributed by atoms with Gasteiger partial charge >= 0.3 is 0 Å². The largest absolute Gasteiger partial charge is 0.384 e. The molecule has 1 atom stereocenters. The predicted octanol–water partition coefficient (Wildman–Crippen LogP) is 2.85. The summed E-state index contributed by atoms with van der Waals surface area (Å²) in [6, 6.07) is 9.55. The van der Waals surface area contributed by atoms with Crippen LogP contribution in [0, 0.1) is 0 Å². The molecule has 1 nitrogen and oxygen atoms in total. The smallest absolute Gasteiger partial charge is 0.104 e. The van der Waals surface area contributed by atoms with E-state index in [1.165, 1.54) is 0 Å². The van der Waals surface area contributed by atoms with Crippen LogP contribution in [0.5, 0.6) is 0 Å². The van der Waals surface area contributed by atoms with Gasteiger partial charge in [-0.25, -0.2) is 0 Å². The van der Waals surface area contributed by atoms with Crippen molar-refractivity contribution in [2.24, 2.45) is 0 Å². The molecule has 0 aliphatic rings. The Balaban J connectivity index is 2.91. The van der Waals surface area contributed by atoms with E-state index in [9.17, 15) is 5.11 Å². The third-order valence-corrected chi connectivity index (χ3v) is 2.00. The average molecular weight is 174 g/mol. The van der Waals surface area contributed by atoms with Crippen molar-refractivity contribution in [2.45, 2.75) is 13.0 Å². The van der Waals surface area contributed by atoms with Crippen LogP contribution in [0.15, 0.2) is 54.6 Å². The molecule has 0 aromatic heterocycles. The van der Waals surface area contributed by atoms with Crippen LogP contribution in [0.25, 0.3) is 0 Å². The number of hydrogen-bond donors (Lipinski definition) is 1. The fourth-order valence-electron chi connectivity index (χ4n) is 1.22. The maximum absolute atomic E-state index is 9.84. The van der Waals surface area contributed by atoms with E-state index in [0.717, 1.165) is 11.1 Å². The van der Waals surface area contributed by atoms with E-state index in [1.807, 2.05) is 43.3 Å². The van der Waals surface area contributed by atoms with Gasteiger partial charge in [0.1, 0.15) is 6.10 Å². The lowest BCUT2D eigenvalue weighted by Gasteiger charge is -2.11. The highest BCUT2D eigenvalue weighted by atomic mass is 16.3. The monoisotopic (exact) mass is 174 g/mol. The molecule has 13 heavy (non-hydrogen) atoms. The maximum atomic E-state index is 9.84. The van der Waals surface area contributed by atoms with Gasteiger partial charge in [-0.05, 0) is 18.1 Å². The lowest BCUT2D eigenvalue weighted by Crippen LogP contribution is -1.98. The van der Waals surface area contributed by atoms with Crippen molar-refractivity contribution in [2.75, 3.05) is 0 Å². The molecular weight excluding hydrogens is 160 g/mol. The lowest BCUT2D eigenvalue weighted by molar-refractivity contribution is 0.219. The molecule has 1 unspecified atom stereocenters. The molecule has 0 heterocycles. The number of allylic oxidation sites excluding steroid dienone is 1. The van der Waals surface area contributed by atoms with Gasteiger partial charge in [-0.15, -0.1) is 0 Å². The summed E-state index contributed by atoms with van der Waals surface area (Å²) in [5.41, 5.74) is 1.74. The van der Waals surface area contributed by atoms with Crippen molar-refractivity contribution in [1.82, 2.24) is 0 Å². The highest BCUT2D eigenvalue weighted by Gasteiger charge is 2.08. The van der Waals surface area contributed by atoms with Crippen molar-refractivity contribution in [3.8, 4) is 0 Å². The van der Waals surface area contributed by atoms with Gasteiger partial charge in [0.25, 0.3) is 0 Å². The minimum atomic E-state index is -0.552. The molecule has 0 aliphatic heterocycles. The molecular formula is C12H14O. The van der Waals surface area contributed by atoms with Crippen molar-refractivity contribution in [1.29, 1.82) is 0 Å². The van der Waals surface area contributed by atoms with Gasteiger partial charge in [-0.3, -0.25) is 0 Å². The van der Waals surface area contributed by atoms with Crippen LogP contribution in [-0.4, -0.2) is 5.11 Å². The number of aliphatic hydroxyl groups is 1. The zero-order valence-electron chi connectivity index (χ0n) is 7.77. The third-order valence-electron chi connectivity index (χ3n) is 2.00. The van der Waals surface area contributed by atoms with Gasteiger partial charge in [0.2, 0.25) is 0 Å². The summed E-state index contributed by atoms with van der Waals surface area (Å²) >= 11 is 0. The molecule has 0 saturated carbocycles. The van der Waals surface area contributed by atoms with Crippen molar-refractivity contribution in [3.63, 3.8) is 0 Å². The fourth-order valence-corrected chi connectivity index (χ4v) is 1.22. The molecule has 0 aliphatic carbocycles. The van der Waals surface area contributed by atoms with E-state index in [-0.39, 0.29) is 0 Å². The van der Waals surface area contributed by atoms with Crippen LogP contribution in [-0.2, 0) is 0 Å². The van der Waals surface area contributed by atoms with E-state index >= 15 is 0 Å². The van der Waals surface area contributed by atoms with Crippen LogP contribution >= 0.6 is 0 Å². The molecule has 1 heteroatoms. The Morgan fingerprint density at radius 1 is 1.38 bits per heavy atom. The standard InChI is InChI=1S/C12H14O/c1-3-10(4-2)12(13)11-8-6-5-7-9-11/h3-9,12-13H,1H2,2H3/b10-4-. The van der Waals surface area contributed by atoms with E-state index in [2.05, 4.69) is 6.58 Å². The molecule has 0 fully saturated rings. The van der Waals surface area contributed by atoms with Gasteiger partial charge in [-0.2, -0.15) is 0 Å². The quantitative estimate of drug-likeness (QED) is 0.698. The molecule has 1 aromatic rings. The summed E-state index contributed by atoms with van der Waals surface area (Å²) in [5.74, 6) is 0. The van der Waals surface area contributed by atoms with Gasteiger partial charge < -0.3 is 5.11 Å². The van der Waals surface area contributed by atoms with Crippen molar-refractivity contribution < 1.29 is 5.11 Å². The molecule has 1 N–H and O–H groups in total. The minimum Gasteiger partial charge on any atom is -0.384 e. The van der Waals surface area contributed by atoms with E-state index in [1.54, 1.807) is 6.08 Å². The molecule has 0 spiro atoms. The summed E-state index contributed by atoms with van der Waals surface area (Å²) in [7, 11) is 0. The van der Waals surface area contributed by atoms with Crippen LogP contribution in [0.3, 0.4) is 0 Å². The third kappa shape index (κ3) is 2.30. The Bertz CT molecular complexity index is 298. The van der Waals surface area contributed by atoms with Gasteiger partial charge in [0, 0.05) is 0 Å². The summed E-state index contributed by atoms with van der Waals surface area (Å²) in [4.78, 5) is 0. The van der Waals surface area contributed by atoms with Crippen LogP contribution in [0.4, 0.5) is 0 Å². The average Bonchev–Trinajstić information content (AvgIpc) is 2.21. The van der Waals surface area contributed by atoms with Crippen molar-refractivity contribution in [3.05, 3.63) is 60.2 Å². The lowest BCUT2D eigenvalue weighted by atomic mass is 10.0. The van der Waals surface area contributed by atoms with Gasteiger partial charge in [0.05, 0.1) is 0 Å². The first-order valence-electron chi connectivity index (χ1n) is 4.31. The zero-order chi connectivity index (χ0) is 9.68. The first-order valence-corrected chi connectivity index (χ1v) is 4.31. The zero-order valence-corrected chi connectivity index (χ0v) is 7.77. The SMILES string of the molecule is C=C/C(=C/C)C(O)c1ccccc1. The maximum Gasteiger partial charge on any atom is 0.104 e. The number of benzene rings is 1. The Morgan fingerprint density at radius 3 is 2.46 bits per heavy atom.